The number of anilines is 3. The molecule has 11 nitrogen and oxygen atoms in total. The molecular weight excluding hydrogens is 558 g/mol. The molecular formula is C33H49N7O4. The lowest BCUT2D eigenvalue weighted by Gasteiger charge is -2.34. The number of aromatic nitrogens is 3. The van der Waals surface area contributed by atoms with Crippen LogP contribution in [-0.4, -0.2) is 71.4 Å². The van der Waals surface area contributed by atoms with Gasteiger partial charge in [-0.3, -0.25) is 0 Å². The Kier molecular flexibility index (Phi) is 10.1. The van der Waals surface area contributed by atoms with E-state index in [1.807, 2.05) is 13.8 Å². The number of fused-ring (bicyclic) bond motifs is 1. The molecule has 11 heteroatoms. The van der Waals surface area contributed by atoms with Gasteiger partial charge >= 0.3 is 12.1 Å². The van der Waals surface area contributed by atoms with Gasteiger partial charge in [0.25, 0.3) is 0 Å². The number of hydrogen-bond donors (Lipinski definition) is 3. The van der Waals surface area contributed by atoms with Crippen LogP contribution in [0.1, 0.15) is 94.3 Å². The maximum Gasteiger partial charge on any atom is 0.407 e. The predicted octanol–water partition coefficient (Wildman–Crippen LogP) is 5.27. The highest BCUT2D eigenvalue weighted by atomic mass is 16.6. The van der Waals surface area contributed by atoms with Gasteiger partial charge in [0, 0.05) is 43.4 Å². The summed E-state index contributed by atoms with van der Waals surface area (Å²) in [7, 11) is 0. The van der Waals surface area contributed by atoms with E-state index in [4.69, 9.17) is 19.4 Å². The number of amides is 1. The van der Waals surface area contributed by atoms with Gasteiger partial charge in [0.1, 0.15) is 34.9 Å². The van der Waals surface area contributed by atoms with Crippen LogP contribution in [0.25, 0.3) is 0 Å². The lowest BCUT2D eigenvalue weighted by molar-refractivity contribution is -0.156. The summed E-state index contributed by atoms with van der Waals surface area (Å²) in [5.41, 5.74) is 2.68. The molecule has 2 aromatic rings. The van der Waals surface area contributed by atoms with Crippen LogP contribution in [0.5, 0.6) is 0 Å². The Balaban J connectivity index is 1.22. The molecule has 1 amide bonds. The van der Waals surface area contributed by atoms with Crippen LogP contribution < -0.4 is 20.9 Å². The number of nitrogens with zero attached hydrogens (tertiary/aromatic N) is 4. The van der Waals surface area contributed by atoms with Crippen LogP contribution in [0, 0.1) is 19.8 Å². The smallest absolute Gasteiger partial charge is 0.407 e. The first-order valence-electron chi connectivity index (χ1n) is 16.3. The highest BCUT2D eigenvalue weighted by Crippen LogP contribution is 2.33. The maximum atomic E-state index is 13.1. The van der Waals surface area contributed by atoms with Gasteiger partial charge < -0.3 is 30.3 Å². The van der Waals surface area contributed by atoms with Gasteiger partial charge in [-0.05, 0) is 90.7 Å². The lowest BCUT2D eigenvalue weighted by Crippen LogP contribution is -2.48. The molecule has 0 radical (unpaired) electrons. The van der Waals surface area contributed by atoms with Crippen molar-refractivity contribution in [2.45, 2.75) is 104 Å². The van der Waals surface area contributed by atoms with Crippen molar-refractivity contribution in [3.05, 3.63) is 34.8 Å². The quantitative estimate of drug-likeness (QED) is 0.324. The third kappa shape index (κ3) is 8.30. The van der Waals surface area contributed by atoms with Crippen molar-refractivity contribution in [2.75, 3.05) is 48.3 Å². The van der Waals surface area contributed by atoms with Crippen molar-refractivity contribution in [3.8, 4) is 0 Å². The van der Waals surface area contributed by atoms with E-state index >= 15 is 0 Å². The molecule has 240 valence electrons. The normalized spacial score (nSPS) is 18.2. The number of pyridine rings is 1. The summed E-state index contributed by atoms with van der Waals surface area (Å²) in [6.07, 6.45) is 8.09. The number of rotatable bonds is 9. The Morgan fingerprint density at radius 2 is 1.80 bits per heavy atom. The summed E-state index contributed by atoms with van der Waals surface area (Å²) < 4.78 is 11.1. The molecule has 2 aliphatic heterocycles. The standard InChI is InChI=1S/C33H49N7O4/c1-21-28(35-19-27(31(41)44-33(3,4)5)39-32(42)43-20-23-9-6-7-10-23)36-22(2)37-30(21)40-17-14-24(15-18-40)26-13-12-25-11-8-16-34-29(25)38-26/h12-13,23-24,27H,6-11,14-20H2,1-5H3,(H,34,38)(H,39,42)(H,35,36,37)/t27-/m0/s1. The van der Waals surface area contributed by atoms with Gasteiger partial charge in [-0.1, -0.05) is 18.9 Å². The largest absolute Gasteiger partial charge is 0.458 e. The van der Waals surface area contributed by atoms with Gasteiger partial charge in [-0.2, -0.15) is 0 Å². The fraction of sp³-hybridized carbons (Fsp3) is 0.667. The molecule has 3 N–H and O–H groups in total. The van der Waals surface area contributed by atoms with E-state index in [0.29, 0.717) is 30.1 Å². The van der Waals surface area contributed by atoms with Gasteiger partial charge in [-0.25, -0.2) is 24.5 Å². The average molecular weight is 608 g/mol. The van der Waals surface area contributed by atoms with Gasteiger partial charge in [-0.15, -0.1) is 0 Å². The van der Waals surface area contributed by atoms with E-state index in [2.05, 4.69) is 38.0 Å². The van der Waals surface area contributed by atoms with Crippen molar-refractivity contribution in [3.63, 3.8) is 0 Å². The molecule has 2 fully saturated rings. The van der Waals surface area contributed by atoms with Crippen LogP contribution in [0.4, 0.5) is 22.2 Å². The minimum atomic E-state index is -0.947. The Labute approximate surface area is 261 Å². The number of carbonyl (C=O) groups excluding carboxylic acids is 2. The Morgan fingerprint density at radius 1 is 1.05 bits per heavy atom. The Bertz CT molecular complexity index is 1310. The van der Waals surface area contributed by atoms with Crippen molar-refractivity contribution >= 4 is 29.5 Å². The van der Waals surface area contributed by atoms with E-state index < -0.39 is 23.7 Å². The summed E-state index contributed by atoms with van der Waals surface area (Å²) in [4.78, 5) is 42.5. The summed E-state index contributed by atoms with van der Waals surface area (Å²) in [5, 5.41) is 9.48. The zero-order valence-corrected chi connectivity index (χ0v) is 27.0. The fourth-order valence-corrected chi connectivity index (χ4v) is 6.37. The number of alkyl carbamates (subject to hydrolysis) is 1. The number of hydrogen-bond acceptors (Lipinski definition) is 10. The SMILES string of the molecule is Cc1nc(NC[C@H](NC(=O)OCC2CCCC2)C(=O)OC(C)(C)C)c(C)c(N2CCC(c3ccc4c(n3)NCCC4)CC2)n1. The molecule has 2 aromatic heterocycles. The van der Waals surface area contributed by atoms with E-state index in [1.54, 1.807) is 20.8 Å². The zero-order valence-electron chi connectivity index (χ0n) is 27.0. The molecule has 1 saturated heterocycles. The predicted molar refractivity (Wildman–Crippen MR) is 171 cm³/mol. The van der Waals surface area contributed by atoms with Crippen molar-refractivity contribution in [2.24, 2.45) is 5.92 Å². The highest BCUT2D eigenvalue weighted by Gasteiger charge is 2.29. The van der Waals surface area contributed by atoms with Gasteiger partial charge in [0.15, 0.2) is 0 Å². The fourth-order valence-electron chi connectivity index (χ4n) is 6.37. The summed E-state index contributed by atoms with van der Waals surface area (Å²) in [6, 6.07) is 3.49. The van der Waals surface area contributed by atoms with Crippen LogP contribution in [0.2, 0.25) is 0 Å². The molecule has 4 heterocycles. The monoisotopic (exact) mass is 607 g/mol. The van der Waals surface area contributed by atoms with E-state index in [0.717, 1.165) is 81.1 Å². The zero-order chi connectivity index (χ0) is 31.3. The van der Waals surface area contributed by atoms with E-state index in [1.165, 1.54) is 18.4 Å². The Morgan fingerprint density at radius 3 is 2.52 bits per heavy atom. The van der Waals surface area contributed by atoms with Crippen LogP contribution in [0.15, 0.2) is 12.1 Å². The molecule has 3 aliphatic rings. The summed E-state index contributed by atoms with van der Waals surface area (Å²) >= 11 is 0. The molecule has 1 saturated carbocycles. The number of ether oxygens (including phenoxy) is 2. The van der Waals surface area contributed by atoms with Crippen molar-refractivity contribution < 1.29 is 19.1 Å². The Hall–Kier alpha value is -3.63. The summed E-state index contributed by atoms with van der Waals surface area (Å²) in [6.45, 7) is 12.5. The molecule has 0 bridgehead atoms. The number of carbonyl (C=O) groups is 2. The minimum absolute atomic E-state index is 0.101. The first kappa shape index (κ1) is 31.8. The minimum Gasteiger partial charge on any atom is -0.458 e. The second-order valence-electron chi connectivity index (χ2n) is 13.5. The average Bonchev–Trinajstić information content (AvgIpc) is 3.52. The first-order valence-corrected chi connectivity index (χ1v) is 16.3. The van der Waals surface area contributed by atoms with Crippen LogP contribution in [-0.2, 0) is 20.7 Å². The van der Waals surface area contributed by atoms with E-state index in [-0.39, 0.29) is 6.54 Å². The number of esters is 1. The topological polar surface area (TPSA) is 131 Å². The molecule has 0 spiro atoms. The second-order valence-corrected chi connectivity index (χ2v) is 13.5. The third-order valence-electron chi connectivity index (χ3n) is 8.74. The molecule has 1 atom stereocenters. The highest BCUT2D eigenvalue weighted by molar-refractivity contribution is 5.82. The molecule has 0 aromatic carbocycles. The van der Waals surface area contributed by atoms with Crippen molar-refractivity contribution in [1.82, 2.24) is 20.3 Å². The number of piperidine rings is 1. The summed E-state index contributed by atoms with van der Waals surface area (Å²) in [5.74, 6) is 3.48. The lowest BCUT2D eigenvalue weighted by atomic mass is 9.92. The van der Waals surface area contributed by atoms with Gasteiger partial charge in [0.2, 0.25) is 0 Å². The molecule has 1 aliphatic carbocycles. The number of aryl methyl sites for hydroxylation is 2. The maximum absolute atomic E-state index is 13.1. The van der Waals surface area contributed by atoms with Crippen molar-refractivity contribution in [1.29, 1.82) is 0 Å². The van der Waals surface area contributed by atoms with Crippen LogP contribution >= 0.6 is 0 Å². The number of nitrogens with one attached hydrogen (secondary N) is 3. The van der Waals surface area contributed by atoms with Crippen LogP contribution in [0.3, 0.4) is 0 Å². The molecule has 5 rings (SSSR count). The molecule has 0 unspecified atom stereocenters. The second kappa shape index (κ2) is 14.0. The van der Waals surface area contributed by atoms with E-state index in [9.17, 15) is 9.59 Å². The molecule has 44 heavy (non-hydrogen) atoms. The van der Waals surface area contributed by atoms with Gasteiger partial charge in [0.05, 0.1) is 6.61 Å². The first-order chi connectivity index (χ1) is 21.1. The third-order valence-corrected chi connectivity index (χ3v) is 8.74.